The Bertz CT molecular complexity index is 1680. The number of carbonyl (C=O) groups is 3. The van der Waals surface area contributed by atoms with Crippen molar-refractivity contribution in [1.82, 2.24) is 30.2 Å². The number of fused-ring (bicyclic) bond motifs is 1. The van der Waals surface area contributed by atoms with Gasteiger partial charge in [0, 0.05) is 13.1 Å². The van der Waals surface area contributed by atoms with Crippen LogP contribution in [-0.4, -0.2) is 89.0 Å². The van der Waals surface area contributed by atoms with Gasteiger partial charge in [-0.25, -0.2) is 9.78 Å². The fraction of sp³-hybridized carbons (Fsp3) is 0.407. The molecule has 4 rings (SSSR count). The molecule has 2 amide bonds. The molecule has 18 heteroatoms. The Morgan fingerprint density at radius 1 is 1.27 bits per heavy atom. The molecule has 1 aromatic carbocycles. The summed E-state index contributed by atoms with van der Waals surface area (Å²) in [5, 5.41) is 35.1. The zero-order chi connectivity index (χ0) is 32.7. The van der Waals surface area contributed by atoms with Crippen molar-refractivity contribution in [2.24, 2.45) is 5.73 Å². The number of piperidine rings is 1. The van der Waals surface area contributed by atoms with E-state index in [0.29, 0.717) is 42.4 Å². The quantitative estimate of drug-likeness (QED) is 0.195. The van der Waals surface area contributed by atoms with Crippen molar-refractivity contribution in [3.63, 3.8) is 0 Å². The van der Waals surface area contributed by atoms with Crippen molar-refractivity contribution in [3.8, 4) is 12.1 Å². The largest absolute Gasteiger partial charge is 0.457 e. The third-order valence-corrected chi connectivity index (χ3v) is 7.14. The number of aromatic nitrogens is 4. The third-order valence-electron chi connectivity index (χ3n) is 6.74. The van der Waals surface area contributed by atoms with Crippen LogP contribution >= 0.6 is 11.6 Å². The number of nitrogens with one attached hydrogen (secondary N) is 4. The van der Waals surface area contributed by atoms with Crippen LogP contribution < -0.4 is 31.9 Å². The van der Waals surface area contributed by atoms with Gasteiger partial charge in [0.25, 0.3) is 0 Å². The number of imidazole rings is 1. The van der Waals surface area contributed by atoms with Gasteiger partial charge in [0.05, 0.1) is 60.0 Å². The molecule has 3 atom stereocenters. The summed E-state index contributed by atoms with van der Waals surface area (Å²) < 4.78 is 11.7. The highest BCUT2D eigenvalue weighted by atomic mass is 35.5. The fourth-order valence-electron chi connectivity index (χ4n) is 4.57. The summed E-state index contributed by atoms with van der Waals surface area (Å²) >= 11 is 6.88. The van der Waals surface area contributed by atoms with Gasteiger partial charge in [-0.3, -0.25) is 9.59 Å². The predicted molar refractivity (Wildman–Crippen MR) is 162 cm³/mol. The number of anilines is 4. The van der Waals surface area contributed by atoms with Crippen molar-refractivity contribution in [3.05, 3.63) is 34.6 Å². The van der Waals surface area contributed by atoms with E-state index in [9.17, 15) is 24.9 Å². The average molecular weight is 639 g/mol. The van der Waals surface area contributed by atoms with E-state index in [1.54, 1.807) is 11.0 Å². The number of nitrogens with two attached hydrogens (primary N) is 1. The van der Waals surface area contributed by atoms with Crippen LogP contribution in [0.3, 0.4) is 0 Å². The monoisotopic (exact) mass is 638 g/mol. The highest BCUT2D eigenvalue weighted by Gasteiger charge is 2.35. The zero-order valence-electron chi connectivity index (χ0n) is 24.6. The van der Waals surface area contributed by atoms with Crippen LogP contribution in [-0.2, 0) is 19.1 Å². The molecule has 0 aliphatic carbocycles. The lowest BCUT2D eigenvalue weighted by Gasteiger charge is -2.39. The van der Waals surface area contributed by atoms with Gasteiger partial charge in [-0.2, -0.15) is 20.0 Å². The molecular formula is C27H31ClN12O5. The Kier molecular flexibility index (Phi) is 10.4. The number of nitriles is 2. The molecule has 45 heavy (non-hydrogen) atoms. The Morgan fingerprint density at radius 3 is 2.71 bits per heavy atom. The third kappa shape index (κ3) is 7.58. The first kappa shape index (κ1) is 32.5. The van der Waals surface area contributed by atoms with E-state index in [4.69, 9.17) is 26.8 Å². The Hall–Kier alpha value is -5.39. The summed E-state index contributed by atoms with van der Waals surface area (Å²) in [5.41, 5.74) is 7.07. The van der Waals surface area contributed by atoms with Crippen LogP contribution in [0.15, 0.2) is 18.3 Å². The molecule has 1 saturated heterocycles. The Labute approximate surface area is 262 Å². The molecule has 1 aliphatic rings. The second-order valence-corrected chi connectivity index (χ2v) is 10.3. The summed E-state index contributed by atoms with van der Waals surface area (Å²) in [4.78, 5) is 47.0. The van der Waals surface area contributed by atoms with E-state index in [-0.39, 0.29) is 28.8 Å². The molecule has 0 spiro atoms. The predicted octanol–water partition coefficient (Wildman–Crippen LogP) is 1.01. The van der Waals surface area contributed by atoms with Gasteiger partial charge in [0.2, 0.25) is 11.9 Å². The minimum absolute atomic E-state index is 0.0727. The number of halogens is 1. The van der Waals surface area contributed by atoms with Crippen molar-refractivity contribution < 1.29 is 23.9 Å². The molecule has 6 N–H and O–H groups in total. The maximum atomic E-state index is 12.6. The second kappa shape index (κ2) is 14.4. The van der Waals surface area contributed by atoms with Crippen LogP contribution in [0.25, 0.3) is 5.65 Å². The van der Waals surface area contributed by atoms with Gasteiger partial charge < -0.3 is 41.4 Å². The molecule has 17 nitrogen and oxygen atoms in total. The minimum Gasteiger partial charge on any atom is -0.457 e. The van der Waals surface area contributed by atoms with Crippen LogP contribution in [0.2, 0.25) is 5.02 Å². The number of benzene rings is 1. The lowest BCUT2D eigenvalue weighted by atomic mass is 10.0. The molecule has 0 unspecified atom stereocenters. The molecule has 3 heterocycles. The van der Waals surface area contributed by atoms with E-state index in [1.807, 2.05) is 13.0 Å². The molecular weight excluding hydrogens is 608 g/mol. The number of rotatable bonds is 10. The second-order valence-electron chi connectivity index (χ2n) is 9.91. The number of nitrogens with zero attached hydrogens (tertiary/aromatic N) is 7. The van der Waals surface area contributed by atoms with Crippen molar-refractivity contribution in [2.45, 2.75) is 38.5 Å². The average Bonchev–Trinajstić information content (AvgIpc) is 3.45. The van der Waals surface area contributed by atoms with Crippen molar-refractivity contribution in [2.75, 3.05) is 48.8 Å². The van der Waals surface area contributed by atoms with E-state index in [2.05, 4.69) is 42.4 Å². The number of carbonyl (C=O) groups excluding carboxylic acids is 3. The Balaban J connectivity index is 1.63. The maximum absolute atomic E-state index is 12.6. The number of hydrogen-bond acceptors (Lipinski definition) is 14. The van der Waals surface area contributed by atoms with Crippen molar-refractivity contribution in [1.29, 1.82) is 10.5 Å². The summed E-state index contributed by atoms with van der Waals surface area (Å²) in [6.07, 6.45) is 0.111. The molecule has 236 valence electrons. The maximum Gasteiger partial charge on any atom is 0.407 e. The van der Waals surface area contributed by atoms with Gasteiger partial charge in [-0.1, -0.05) is 11.6 Å². The topological polar surface area (TPSA) is 238 Å². The summed E-state index contributed by atoms with van der Waals surface area (Å²) in [6, 6.07) is 5.81. The standard InChI is InChI=1S/C27H31ClN12O5/c1-4-32-23-24-33-11-16(10-30)40(24)38-26(37-23)35-18-7-15(9-29)8-19(22(18)28)39-6-5-17(36-27(43)44-3)20(13-39)45-21(41)12-34-25(42)14(2)31/h7-8,11,14,17,20H,4-6,12-13,31H2,1-3H3,(H,34,42)(H,36,43)(H2,32,35,37,38)/t14-,17+,20+/m0/s1. The highest BCUT2D eigenvalue weighted by Crippen LogP contribution is 2.37. The normalized spacial score (nSPS) is 16.6. The smallest absolute Gasteiger partial charge is 0.407 e. The van der Waals surface area contributed by atoms with Crippen LogP contribution in [0.4, 0.5) is 27.9 Å². The number of hydrogen-bond donors (Lipinski definition) is 5. The van der Waals surface area contributed by atoms with Gasteiger partial charge in [-0.05, 0) is 32.4 Å². The molecule has 0 bridgehead atoms. The van der Waals surface area contributed by atoms with Crippen molar-refractivity contribution >= 4 is 58.4 Å². The molecule has 0 radical (unpaired) electrons. The number of alkyl carbamates (subject to hydrolysis) is 1. The van der Waals surface area contributed by atoms with Gasteiger partial charge >= 0.3 is 12.1 Å². The van der Waals surface area contributed by atoms with Gasteiger partial charge in [0.15, 0.2) is 17.2 Å². The van der Waals surface area contributed by atoms with E-state index in [1.165, 1.54) is 30.8 Å². The summed E-state index contributed by atoms with van der Waals surface area (Å²) in [6.45, 7) is 3.88. The van der Waals surface area contributed by atoms with Crippen LogP contribution in [0.5, 0.6) is 0 Å². The SMILES string of the molecule is CCNc1nc(Nc2cc(C#N)cc(N3CC[C@@H](NC(=O)OC)[C@H](OC(=O)CNC(=O)[C@H](C)N)C3)c2Cl)nn2c(C#N)cnc12. The van der Waals surface area contributed by atoms with Crippen LogP contribution in [0.1, 0.15) is 31.5 Å². The van der Waals surface area contributed by atoms with Crippen LogP contribution in [0, 0.1) is 22.7 Å². The zero-order valence-corrected chi connectivity index (χ0v) is 25.4. The summed E-state index contributed by atoms with van der Waals surface area (Å²) in [5.74, 6) is -0.810. The minimum atomic E-state index is -0.880. The first-order valence-electron chi connectivity index (χ1n) is 13.8. The Morgan fingerprint density at radius 2 is 2.04 bits per heavy atom. The molecule has 3 aromatic rings. The number of methoxy groups -OCH3 is 1. The number of esters is 1. The summed E-state index contributed by atoms with van der Waals surface area (Å²) in [7, 11) is 1.22. The molecule has 1 aliphatic heterocycles. The lowest BCUT2D eigenvalue weighted by Crippen LogP contribution is -2.56. The van der Waals surface area contributed by atoms with E-state index in [0.717, 1.165) is 0 Å². The molecule has 0 saturated carbocycles. The molecule has 2 aromatic heterocycles. The van der Waals surface area contributed by atoms with Gasteiger partial charge in [-0.15, -0.1) is 5.10 Å². The first-order valence-corrected chi connectivity index (χ1v) is 14.2. The highest BCUT2D eigenvalue weighted by molar-refractivity contribution is 6.36. The molecule has 1 fully saturated rings. The number of ether oxygens (including phenoxy) is 2. The number of amides is 2. The van der Waals surface area contributed by atoms with E-state index >= 15 is 0 Å². The van der Waals surface area contributed by atoms with Gasteiger partial charge in [0.1, 0.15) is 18.7 Å². The fourth-order valence-corrected chi connectivity index (χ4v) is 4.85. The lowest BCUT2D eigenvalue weighted by molar-refractivity contribution is -0.150. The first-order chi connectivity index (χ1) is 21.6. The van der Waals surface area contributed by atoms with E-state index < -0.39 is 42.7 Å².